The van der Waals surface area contributed by atoms with Crippen LogP contribution in [0.2, 0.25) is 0 Å². The van der Waals surface area contributed by atoms with Gasteiger partial charge in [-0.15, -0.1) is 0 Å². The molecule has 0 aromatic heterocycles. The summed E-state index contributed by atoms with van der Waals surface area (Å²) >= 11 is 0. The van der Waals surface area contributed by atoms with E-state index in [1.54, 1.807) is 0 Å². The first kappa shape index (κ1) is 14.9. The van der Waals surface area contributed by atoms with E-state index in [-0.39, 0.29) is 0 Å². The molecule has 0 aromatic carbocycles. The quantitative estimate of drug-likeness (QED) is 0.712. The number of ether oxygens (including phenoxy) is 1. The fraction of sp³-hybridized carbons (Fsp3) is 1.00. The van der Waals surface area contributed by atoms with Crippen LogP contribution in [0.25, 0.3) is 0 Å². The van der Waals surface area contributed by atoms with E-state index < -0.39 is 0 Å². The van der Waals surface area contributed by atoms with Gasteiger partial charge in [-0.2, -0.15) is 0 Å². The molecular formula is C13H29N3O. The van der Waals surface area contributed by atoms with Crippen molar-refractivity contribution >= 4 is 0 Å². The van der Waals surface area contributed by atoms with E-state index in [1.807, 2.05) is 0 Å². The lowest BCUT2D eigenvalue weighted by Gasteiger charge is -2.33. The molecular weight excluding hydrogens is 214 g/mol. The predicted molar refractivity (Wildman–Crippen MR) is 72.2 cm³/mol. The van der Waals surface area contributed by atoms with Gasteiger partial charge in [-0.25, -0.2) is 0 Å². The molecule has 0 bridgehead atoms. The lowest BCUT2D eigenvalue weighted by Crippen LogP contribution is -2.45. The van der Waals surface area contributed by atoms with Gasteiger partial charge in [0.15, 0.2) is 0 Å². The molecule has 1 rings (SSSR count). The Morgan fingerprint density at radius 3 is 2.65 bits per heavy atom. The van der Waals surface area contributed by atoms with E-state index >= 15 is 0 Å². The minimum atomic E-state index is 0.326. The van der Waals surface area contributed by atoms with Crippen LogP contribution in [0.15, 0.2) is 0 Å². The van der Waals surface area contributed by atoms with Gasteiger partial charge in [0.25, 0.3) is 0 Å². The topological polar surface area (TPSA) is 41.7 Å². The monoisotopic (exact) mass is 243 g/mol. The smallest absolute Gasteiger partial charge is 0.0521 e. The lowest BCUT2D eigenvalue weighted by atomic mass is 9.96. The second kappa shape index (κ2) is 8.03. The molecule has 1 fully saturated rings. The summed E-state index contributed by atoms with van der Waals surface area (Å²) < 4.78 is 5.53. The van der Waals surface area contributed by atoms with E-state index in [2.05, 4.69) is 30.8 Å². The number of rotatable bonds is 7. The van der Waals surface area contributed by atoms with E-state index in [4.69, 9.17) is 10.5 Å². The zero-order valence-corrected chi connectivity index (χ0v) is 11.7. The van der Waals surface area contributed by atoms with Crippen LogP contribution in [0.1, 0.15) is 19.8 Å². The first-order valence-corrected chi connectivity index (χ1v) is 6.84. The van der Waals surface area contributed by atoms with Crippen molar-refractivity contribution in [3.63, 3.8) is 0 Å². The maximum atomic E-state index is 6.14. The molecule has 0 radical (unpaired) electrons. The van der Waals surface area contributed by atoms with Crippen molar-refractivity contribution < 1.29 is 4.74 Å². The summed E-state index contributed by atoms with van der Waals surface area (Å²) in [5, 5.41) is 0. The minimum absolute atomic E-state index is 0.326. The molecule has 1 saturated heterocycles. The van der Waals surface area contributed by atoms with Gasteiger partial charge in [0.2, 0.25) is 0 Å². The average molecular weight is 243 g/mol. The first-order valence-electron chi connectivity index (χ1n) is 6.84. The maximum absolute atomic E-state index is 6.14. The number of hydrogen-bond acceptors (Lipinski definition) is 4. The lowest BCUT2D eigenvalue weighted by molar-refractivity contribution is 0.0264. The highest BCUT2D eigenvalue weighted by Crippen LogP contribution is 2.14. The molecule has 0 spiro atoms. The van der Waals surface area contributed by atoms with E-state index in [9.17, 15) is 0 Å². The highest BCUT2D eigenvalue weighted by molar-refractivity contribution is 4.79. The summed E-state index contributed by atoms with van der Waals surface area (Å²) in [6, 6.07) is 0.326. The summed E-state index contributed by atoms with van der Waals surface area (Å²) in [5.41, 5.74) is 6.14. The van der Waals surface area contributed by atoms with Crippen LogP contribution in [-0.2, 0) is 4.74 Å². The zero-order chi connectivity index (χ0) is 12.7. The van der Waals surface area contributed by atoms with Gasteiger partial charge in [-0.1, -0.05) is 6.92 Å². The second-order valence-electron chi connectivity index (χ2n) is 5.34. The SMILES string of the molecule is CCN(CCCN(C)C)CC1COCCC1N. The molecule has 17 heavy (non-hydrogen) atoms. The van der Waals surface area contributed by atoms with Gasteiger partial charge in [0.05, 0.1) is 6.61 Å². The summed E-state index contributed by atoms with van der Waals surface area (Å²) in [6.45, 7) is 8.42. The minimum Gasteiger partial charge on any atom is -0.381 e. The van der Waals surface area contributed by atoms with Crippen LogP contribution in [-0.4, -0.2) is 69.3 Å². The fourth-order valence-corrected chi connectivity index (χ4v) is 2.32. The summed E-state index contributed by atoms with van der Waals surface area (Å²) in [7, 11) is 4.25. The van der Waals surface area contributed by atoms with Gasteiger partial charge >= 0.3 is 0 Å². The highest BCUT2D eigenvalue weighted by Gasteiger charge is 2.23. The summed E-state index contributed by atoms with van der Waals surface area (Å²) in [5.74, 6) is 0.517. The highest BCUT2D eigenvalue weighted by atomic mass is 16.5. The molecule has 0 amide bonds. The average Bonchev–Trinajstić information content (AvgIpc) is 2.30. The van der Waals surface area contributed by atoms with Gasteiger partial charge in [0.1, 0.15) is 0 Å². The second-order valence-corrected chi connectivity index (χ2v) is 5.34. The van der Waals surface area contributed by atoms with Gasteiger partial charge < -0.3 is 20.3 Å². The third kappa shape index (κ3) is 5.82. The van der Waals surface area contributed by atoms with Crippen molar-refractivity contribution in [1.82, 2.24) is 9.80 Å². The molecule has 0 aromatic rings. The molecule has 1 aliphatic rings. The Balaban J connectivity index is 2.25. The maximum Gasteiger partial charge on any atom is 0.0521 e. The van der Waals surface area contributed by atoms with Crippen LogP contribution < -0.4 is 5.73 Å². The Bertz CT molecular complexity index is 199. The van der Waals surface area contributed by atoms with Crippen molar-refractivity contribution in [2.45, 2.75) is 25.8 Å². The molecule has 1 aliphatic heterocycles. The van der Waals surface area contributed by atoms with Crippen LogP contribution in [0.4, 0.5) is 0 Å². The molecule has 4 heteroatoms. The molecule has 0 saturated carbocycles. The molecule has 4 nitrogen and oxygen atoms in total. The Hall–Kier alpha value is -0.160. The molecule has 1 heterocycles. The molecule has 0 aliphatic carbocycles. The Morgan fingerprint density at radius 1 is 1.29 bits per heavy atom. The molecule has 2 unspecified atom stereocenters. The zero-order valence-electron chi connectivity index (χ0n) is 11.7. The Labute approximate surface area is 106 Å². The van der Waals surface area contributed by atoms with Crippen molar-refractivity contribution in [3.05, 3.63) is 0 Å². The Kier molecular flexibility index (Phi) is 7.04. The van der Waals surface area contributed by atoms with Crippen molar-refractivity contribution in [2.24, 2.45) is 11.7 Å². The number of nitrogens with two attached hydrogens (primary N) is 1. The van der Waals surface area contributed by atoms with Crippen LogP contribution in [0.5, 0.6) is 0 Å². The van der Waals surface area contributed by atoms with Crippen molar-refractivity contribution in [3.8, 4) is 0 Å². The van der Waals surface area contributed by atoms with E-state index in [0.717, 1.165) is 45.8 Å². The van der Waals surface area contributed by atoms with E-state index in [0.29, 0.717) is 12.0 Å². The normalized spacial score (nSPS) is 25.8. The summed E-state index contributed by atoms with van der Waals surface area (Å²) in [4.78, 5) is 4.74. The van der Waals surface area contributed by atoms with Crippen LogP contribution >= 0.6 is 0 Å². The molecule has 2 atom stereocenters. The van der Waals surface area contributed by atoms with Gasteiger partial charge in [-0.05, 0) is 46.6 Å². The predicted octanol–water partition coefficient (Wildman–Crippen LogP) is 0.624. The fourth-order valence-electron chi connectivity index (χ4n) is 2.32. The molecule has 2 N–H and O–H groups in total. The number of nitrogens with zero attached hydrogens (tertiary/aromatic N) is 2. The summed E-state index contributed by atoms with van der Waals surface area (Å²) in [6.07, 6.45) is 2.24. The number of hydrogen-bond donors (Lipinski definition) is 1. The van der Waals surface area contributed by atoms with Crippen molar-refractivity contribution in [2.75, 3.05) is 53.5 Å². The largest absolute Gasteiger partial charge is 0.381 e. The first-order chi connectivity index (χ1) is 8.13. The van der Waals surface area contributed by atoms with Crippen LogP contribution in [0.3, 0.4) is 0 Å². The van der Waals surface area contributed by atoms with E-state index in [1.165, 1.54) is 6.42 Å². The third-order valence-corrected chi connectivity index (χ3v) is 3.55. The third-order valence-electron chi connectivity index (χ3n) is 3.55. The van der Waals surface area contributed by atoms with Crippen LogP contribution in [0, 0.1) is 5.92 Å². The standard InChI is InChI=1S/C13H29N3O/c1-4-16(8-5-7-15(2)3)10-12-11-17-9-6-13(12)14/h12-13H,4-11,14H2,1-3H3. The van der Waals surface area contributed by atoms with Crippen molar-refractivity contribution in [1.29, 1.82) is 0 Å². The van der Waals surface area contributed by atoms with Gasteiger partial charge in [0, 0.05) is 25.1 Å². The Morgan fingerprint density at radius 2 is 2.06 bits per heavy atom. The molecule has 102 valence electrons. The van der Waals surface area contributed by atoms with Gasteiger partial charge in [-0.3, -0.25) is 0 Å².